The predicted octanol–water partition coefficient (Wildman–Crippen LogP) is 9.21. The molecule has 0 radical (unpaired) electrons. The van der Waals surface area contributed by atoms with Crippen molar-refractivity contribution in [2.75, 3.05) is 5.32 Å². The highest BCUT2D eigenvalue weighted by atomic mass is 14.9. The molecule has 0 aliphatic rings. The average Bonchev–Trinajstić information content (AvgIpc) is 2.80. The monoisotopic (exact) mass is 444 g/mol. The molecule has 1 atom stereocenters. The van der Waals surface area contributed by atoms with Gasteiger partial charge in [0.25, 0.3) is 0 Å². The standard InChI is InChI=1S/C31H44N2/c1-7-10-24(6)12-15-26(9-3)31(20-23(4)5)33-30-19-18-28(21-29(30)22-32)27-16-13-25(11-8-2)14-17-27/h9,13-14,16-19,21-23,31-33H,6-8,10-12,15,20H2,1-5H3/b26-9+,32-22?. The Balaban J connectivity index is 2.24. The number of hydrogen-bond donors (Lipinski definition) is 2. The van der Waals surface area contributed by atoms with Gasteiger partial charge in [-0.1, -0.05) is 94.7 Å². The second kappa shape index (κ2) is 13.8. The highest BCUT2D eigenvalue weighted by Crippen LogP contribution is 2.29. The molecule has 0 saturated heterocycles. The molecule has 0 amide bonds. The van der Waals surface area contributed by atoms with Crippen LogP contribution >= 0.6 is 0 Å². The summed E-state index contributed by atoms with van der Waals surface area (Å²) in [7, 11) is 0. The number of aryl methyl sites for hydroxylation is 1. The minimum atomic E-state index is 0.266. The van der Waals surface area contributed by atoms with Crippen LogP contribution < -0.4 is 5.32 Å². The summed E-state index contributed by atoms with van der Waals surface area (Å²) in [5.41, 5.74) is 8.49. The molecule has 2 heteroatoms. The van der Waals surface area contributed by atoms with E-state index in [0.717, 1.165) is 61.8 Å². The van der Waals surface area contributed by atoms with Crippen LogP contribution in [-0.2, 0) is 6.42 Å². The maximum absolute atomic E-state index is 8.06. The molecule has 0 bridgehead atoms. The van der Waals surface area contributed by atoms with Gasteiger partial charge < -0.3 is 10.7 Å². The van der Waals surface area contributed by atoms with Crippen LogP contribution in [0, 0.1) is 11.3 Å². The maximum Gasteiger partial charge on any atom is 0.0476 e. The molecule has 33 heavy (non-hydrogen) atoms. The van der Waals surface area contributed by atoms with Crippen molar-refractivity contribution in [2.45, 2.75) is 85.6 Å². The van der Waals surface area contributed by atoms with Crippen molar-refractivity contribution in [2.24, 2.45) is 5.92 Å². The summed E-state index contributed by atoms with van der Waals surface area (Å²) in [5, 5.41) is 11.9. The van der Waals surface area contributed by atoms with Crippen molar-refractivity contribution in [3.63, 3.8) is 0 Å². The number of anilines is 1. The van der Waals surface area contributed by atoms with E-state index in [2.05, 4.69) is 95.1 Å². The van der Waals surface area contributed by atoms with Crippen LogP contribution in [0.25, 0.3) is 11.1 Å². The van der Waals surface area contributed by atoms with Crippen LogP contribution in [0.15, 0.2) is 66.3 Å². The SMILES string of the molecule is C=C(CCC)CC/C(=C\C)C(CC(C)C)Nc1ccc(-c2ccc(CCC)cc2)cc1C=N. The topological polar surface area (TPSA) is 35.9 Å². The third-order valence-electron chi connectivity index (χ3n) is 6.26. The fourth-order valence-electron chi connectivity index (χ4n) is 4.43. The van der Waals surface area contributed by atoms with Gasteiger partial charge in [0.05, 0.1) is 0 Å². The lowest BCUT2D eigenvalue weighted by atomic mass is 9.91. The zero-order chi connectivity index (χ0) is 24.2. The van der Waals surface area contributed by atoms with Gasteiger partial charge in [0.2, 0.25) is 0 Å². The molecule has 2 aromatic carbocycles. The smallest absolute Gasteiger partial charge is 0.0476 e. The van der Waals surface area contributed by atoms with E-state index in [1.807, 2.05) is 0 Å². The quantitative estimate of drug-likeness (QED) is 0.221. The molecule has 2 rings (SSSR count). The van der Waals surface area contributed by atoms with Gasteiger partial charge in [-0.3, -0.25) is 0 Å². The van der Waals surface area contributed by atoms with Crippen molar-refractivity contribution in [3.8, 4) is 11.1 Å². The second-order valence-corrected chi connectivity index (χ2v) is 9.58. The number of nitrogens with one attached hydrogen (secondary N) is 2. The molecular formula is C31H44N2. The van der Waals surface area contributed by atoms with Crippen molar-refractivity contribution >= 4 is 11.9 Å². The van der Waals surface area contributed by atoms with Gasteiger partial charge in [-0.25, -0.2) is 0 Å². The molecule has 0 aliphatic heterocycles. The van der Waals surface area contributed by atoms with Crippen molar-refractivity contribution < 1.29 is 0 Å². The lowest BCUT2D eigenvalue weighted by Gasteiger charge is -2.26. The lowest BCUT2D eigenvalue weighted by Crippen LogP contribution is -2.25. The molecule has 2 N–H and O–H groups in total. The summed E-state index contributed by atoms with van der Waals surface area (Å²) in [6, 6.07) is 15.6. The zero-order valence-corrected chi connectivity index (χ0v) is 21.5. The summed E-state index contributed by atoms with van der Waals surface area (Å²) >= 11 is 0. The van der Waals surface area contributed by atoms with Crippen molar-refractivity contribution in [3.05, 3.63) is 77.4 Å². The summed E-state index contributed by atoms with van der Waals surface area (Å²) in [4.78, 5) is 0. The first-order valence-corrected chi connectivity index (χ1v) is 12.7. The maximum atomic E-state index is 8.06. The normalized spacial score (nSPS) is 12.6. The van der Waals surface area contributed by atoms with Gasteiger partial charge in [-0.15, -0.1) is 0 Å². The van der Waals surface area contributed by atoms with Gasteiger partial charge in [-0.05, 0) is 73.8 Å². The zero-order valence-electron chi connectivity index (χ0n) is 21.5. The molecule has 0 aliphatic carbocycles. The van der Waals surface area contributed by atoms with Crippen LogP contribution in [0.5, 0.6) is 0 Å². The van der Waals surface area contributed by atoms with E-state index >= 15 is 0 Å². The van der Waals surface area contributed by atoms with E-state index in [-0.39, 0.29) is 6.04 Å². The average molecular weight is 445 g/mol. The predicted molar refractivity (Wildman–Crippen MR) is 148 cm³/mol. The Hall–Kier alpha value is -2.61. The van der Waals surface area contributed by atoms with Crippen LogP contribution in [0.1, 0.15) is 84.3 Å². The van der Waals surface area contributed by atoms with Crippen molar-refractivity contribution in [1.82, 2.24) is 0 Å². The van der Waals surface area contributed by atoms with E-state index in [9.17, 15) is 0 Å². The Morgan fingerprint density at radius 2 is 1.67 bits per heavy atom. The van der Waals surface area contributed by atoms with Gasteiger partial charge in [0.1, 0.15) is 0 Å². The molecular weight excluding hydrogens is 400 g/mol. The number of allylic oxidation sites excluding steroid dienone is 2. The highest BCUT2D eigenvalue weighted by molar-refractivity contribution is 5.88. The Bertz CT molecular complexity index is 918. The van der Waals surface area contributed by atoms with Crippen LogP contribution in [0.2, 0.25) is 0 Å². The van der Waals surface area contributed by atoms with Gasteiger partial charge in [0.15, 0.2) is 0 Å². The van der Waals surface area contributed by atoms with Crippen LogP contribution in [0.3, 0.4) is 0 Å². The van der Waals surface area contributed by atoms with Gasteiger partial charge in [0, 0.05) is 23.5 Å². The first kappa shape index (κ1) is 26.6. The third-order valence-corrected chi connectivity index (χ3v) is 6.26. The van der Waals surface area contributed by atoms with E-state index in [1.165, 1.54) is 28.5 Å². The Morgan fingerprint density at radius 1 is 0.970 bits per heavy atom. The molecule has 0 fully saturated rings. The van der Waals surface area contributed by atoms with Crippen LogP contribution in [0.4, 0.5) is 5.69 Å². The molecule has 0 heterocycles. The number of benzene rings is 2. The molecule has 2 aromatic rings. The first-order valence-electron chi connectivity index (χ1n) is 12.7. The molecule has 0 aromatic heterocycles. The highest BCUT2D eigenvalue weighted by Gasteiger charge is 2.17. The second-order valence-electron chi connectivity index (χ2n) is 9.58. The Morgan fingerprint density at radius 3 is 2.24 bits per heavy atom. The van der Waals surface area contributed by atoms with E-state index in [1.54, 1.807) is 0 Å². The number of hydrogen-bond acceptors (Lipinski definition) is 2. The van der Waals surface area contributed by atoms with E-state index in [0.29, 0.717) is 5.92 Å². The molecule has 2 nitrogen and oxygen atoms in total. The summed E-state index contributed by atoms with van der Waals surface area (Å²) in [6.45, 7) is 15.4. The lowest BCUT2D eigenvalue weighted by molar-refractivity contribution is 0.541. The van der Waals surface area contributed by atoms with Gasteiger partial charge in [-0.2, -0.15) is 0 Å². The van der Waals surface area contributed by atoms with Crippen molar-refractivity contribution in [1.29, 1.82) is 5.41 Å². The van der Waals surface area contributed by atoms with E-state index in [4.69, 9.17) is 5.41 Å². The van der Waals surface area contributed by atoms with Crippen LogP contribution in [-0.4, -0.2) is 12.3 Å². The minimum Gasteiger partial charge on any atom is -0.378 e. The summed E-state index contributed by atoms with van der Waals surface area (Å²) in [5.74, 6) is 0.584. The Kier molecular flexibility index (Phi) is 11.2. The fourth-order valence-corrected chi connectivity index (χ4v) is 4.43. The first-order chi connectivity index (χ1) is 15.9. The largest absolute Gasteiger partial charge is 0.378 e. The van der Waals surface area contributed by atoms with Gasteiger partial charge >= 0.3 is 0 Å². The Labute approximate surface area is 202 Å². The molecule has 0 saturated carbocycles. The fraction of sp³-hybridized carbons (Fsp3) is 0.452. The molecule has 0 spiro atoms. The summed E-state index contributed by atoms with van der Waals surface area (Å²) in [6.07, 6.45) is 11.5. The van der Waals surface area contributed by atoms with E-state index < -0.39 is 0 Å². The third kappa shape index (κ3) is 8.35. The minimum absolute atomic E-state index is 0.266. The summed E-state index contributed by atoms with van der Waals surface area (Å²) < 4.78 is 0. The number of rotatable bonds is 14. The molecule has 1 unspecified atom stereocenters. The molecule has 178 valence electrons.